The van der Waals surface area contributed by atoms with E-state index >= 15 is 0 Å². The molecular weight excluding hydrogens is 398 g/mol. The molecule has 1 saturated heterocycles. The molecule has 8 heteroatoms. The van der Waals surface area contributed by atoms with Crippen molar-refractivity contribution in [3.8, 4) is 0 Å². The highest BCUT2D eigenvalue weighted by Crippen LogP contribution is 2.34. The normalized spacial score (nSPS) is 16.4. The third-order valence-corrected chi connectivity index (χ3v) is 5.45. The van der Waals surface area contributed by atoms with Crippen molar-refractivity contribution in [1.82, 2.24) is 4.90 Å². The molecule has 0 saturated carbocycles. The van der Waals surface area contributed by atoms with E-state index in [4.69, 9.17) is 12.2 Å². The molecule has 28 heavy (non-hydrogen) atoms. The number of amides is 1. The molecule has 1 amide bonds. The van der Waals surface area contributed by atoms with Gasteiger partial charge in [-0.05, 0) is 29.2 Å². The van der Waals surface area contributed by atoms with Gasteiger partial charge in [-0.3, -0.25) is 9.69 Å². The zero-order valence-electron chi connectivity index (χ0n) is 14.4. The van der Waals surface area contributed by atoms with Gasteiger partial charge in [-0.15, -0.1) is 0 Å². The van der Waals surface area contributed by atoms with Crippen LogP contribution in [0.3, 0.4) is 0 Å². The highest BCUT2D eigenvalue weighted by Gasteiger charge is 2.37. The minimum absolute atomic E-state index is 0.0181. The Morgan fingerprint density at radius 3 is 2.29 bits per heavy atom. The van der Waals surface area contributed by atoms with Gasteiger partial charge in [-0.25, -0.2) is 0 Å². The second-order valence-electron chi connectivity index (χ2n) is 5.99. The first-order chi connectivity index (χ1) is 13.4. The minimum atomic E-state index is -1.39. The predicted molar refractivity (Wildman–Crippen MR) is 105 cm³/mol. The summed E-state index contributed by atoms with van der Waals surface area (Å²) in [6.45, 7) is 0. The Morgan fingerprint density at radius 1 is 1.07 bits per heavy atom. The molecule has 1 aliphatic rings. The van der Waals surface area contributed by atoms with Gasteiger partial charge in [0.1, 0.15) is 4.32 Å². The molecule has 0 spiro atoms. The van der Waals surface area contributed by atoms with E-state index in [0.717, 1.165) is 22.2 Å². The molecule has 0 N–H and O–H groups in total. The van der Waals surface area contributed by atoms with Crippen LogP contribution in [0, 0.1) is 0 Å². The summed E-state index contributed by atoms with van der Waals surface area (Å²) in [5, 5.41) is 22.5. The summed E-state index contributed by atoms with van der Waals surface area (Å²) in [5.74, 6) is -3.21. The second-order valence-corrected chi connectivity index (χ2v) is 7.66. The van der Waals surface area contributed by atoms with Gasteiger partial charge >= 0.3 is 0 Å². The molecule has 1 atom stereocenters. The molecule has 1 fully saturated rings. The van der Waals surface area contributed by atoms with Crippen LogP contribution in [0.25, 0.3) is 6.08 Å². The first-order valence-corrected chi connectivity index (χ1v) is 9.42. The van der Waals surface area contributed by atoms with Crippen LogP contribution in [0.1, 0.15) is 21.5 Å². The largest absolute Gasteiger partial charge is 0.548 e. The van der Waals surface area contributed by atoms with Crippen LogP contribution in [0.5, 0.6) is 0 Å². The lowest BCUT2D eigenvalue weighted by molar-refractivity contribution is -0.310. The Kier molecular flexibility index (Phi) is 5.91. The standard InChI is InChI=1S/C20H15NO5S2/c22-17-16(11-13-6-8-14(9-7-13)18(23)24)28-20(27)21(17)15(19(25)26)10-12-4-2-1-3-5-12/h1-9,11,15H,10H2,(H,23,24)(H,25,26)/p-2/b16-11+/t15-/m1/s1. The van der Waals surface area contributed by atoms with Gasteiger partial charge < -0.3 is 19.8 Å². The molecule has 0 bridgehead atoms. The molecule has 2 aromatic carbocycles. The average Bonchev–Trinajstić information content (AvgIpc) is 2.94. The number of benzene rings is 2. The van der Waals surface area contributed by atoms with Crippen molar-refractivity contribution in [3.05, 3.63) is 76.2 Å². The Labute approximate surface area is 170 Å². The number of carbonyl (C=O) groups excluding carboxylic acids is 3. The van der Waals surface area contributed by atoms with Crippen molar-refractivity contribution in [1.29, 1.82) is 0 Å². The monoisotopic (exact) mass is 411 g/mol. The topological polar surface area (TPSA) is 101 Å². The van der Waals surface area contributed by atoms with E-state index < -0.39 is 23.9 Å². The molecule has 0 radical (unpaired) electrons. The molecule has 6 nitrogen and oxygen atoms in total. The molecule has 0 aromatic heterocycles. The second kappa shape index (κ2) is 8.37. The van der Waals surface area contributed by atoms with Crippen LogP contribution < -0.4 is 10.2 Å². The fourth-order valence-corrected chi connectivity index (χ4v) is 4.09. The van der Waals surface area contributed by atoms with E-state index in [0.29, 0.717) is 5.56 Å². The lowest BCUT2D eigenvalue weighted by Crippen LogP contribution is -2.51. The molecule has 0 unspecified atom stereocenters. The van der Waals surface area contributed by atoms with Crippen molar-refractivity contribution >= 4 is 52.2 Å². The van der Waals surface area contributed by atoms with Crippen LogP contribution in [-0.2, 0) is 16.0 Å². The summed E-state index contributed by atoms with van der Waals surface area (Å²) in [6, 6.07) is 13.5. The molecular formula is C20H13NO5S2-2. The predicted octanol–water partition coefficient (Wildman–Crippen LogP) is 0.612. The number of carboxylic acid groups (broad SMARTS) is 2. The van der Waals surface area contributed by atoms with Gasteiger partial charge in [-0.1, -0.05) is 78.6 Å². The fourth-order valence-electron chi connectivity index (χ4n) is 2.73. The molecule has 3 rings (SSSR count). The van der Waals surface area contributed by atoms with E-state index in [1.807, 2.05) is 6.07 Å². The number of hydrogen-bond donors (Lipinski definition) is 0. The maximum absolute atomic E-state index is 12.8. The Bertz CT molecular complexity index is 970. The first-order valence-electron chi connectivity index (χ1n) is 8.20. The lowest BCUT2D eigenvalue weighted by Gasteiger charge is -2.27. The Hall–Kier alpha value is -2.97. The number of carboxylic acids is 2. The summed E-state index contributed by atoms with van der Waals surface area (Å²) >= 11 is 6.22. The minimum Gasteiger partial charge on any atom is -0.548 e. The van der Waals surface area contributed by atoms with Crippen LogP contribution >= 0.6 is 24.0 Å². The third kappa shape index (κ3) is 4.29. The number of aromatic carboxylic acids is 1. The number of nitrogens with zero attached hydrogens (tertiary/aromatic N) is 1. The summed E-state index contributed by atoms with van der Waals surface area (Å²) in [4.78, 5) is 36.6. The number of carbonyl (C=O) groups is 3. The van der Waals surface area contributed by atoms with Crippen molar-refractivity contribution in [3.63, 3.8) is 0 Å². The van der Waals surface area contributed by atoms with Crippen molar-refractivity contribution < 1.29 is 24.6 Å². The van der Waals surface area contributed by atoms with E-state index in [9.17, 15) is 24.6 Å². The fraction of sp³-hybridized carbons (Fsp3) is 0.100. The first kappa shape index (κ1) is 19.8. The van der Waals surface area contributed by atoms with Gasteiger partial charge in [0.2, 0.25) is 0 Å². The van der Waals surface area contributed by atoms with Gasteiger partial charge in [-0.2, -0.15) is 0 Å². The smallest absolute Gasteiger partial charge is 0.266 e. The highest BCUT2D eigenvalue weighted by molar-refractivity contribution is 8.26. The number of aliphatic carboxylic acids is 1. The number of hydrogen-bond acceptors (Lipinski definition) is 7. The lowest BCUT2D eigenvalue weighted by atomic mass is 10.0. The Morgan fingerprint density at radius 2 is 1.71 bits per heavy atom. The van der Waals surface area contributed by atoms with Gasteiger partial charge in [0, 0.05) is 0 Å². The molecule has 1 heterocycles. The summed E-state index contributed by atoms with van der Waals surface area (Å²) in [5.41, 5.74) is 1.34. The van der Waals surface area contributed by atoms with E-state index in [2.05, 4.69) is 0 Å². The van der Waals surface area contributed by atoms with E-state index in [1.165, 1.54) is 30.3 Å². The van der Waals surface area contributed by atoms with Gasteiger partial charge in [0.15, 0.2) is 0 Å². The SMILES string of the molecule is O=C([O-])c1ccc(/C=C2/SC(=S)N([C@H](Cc3ccccc3)C(=O)[O-])C2=O)cc1. The Balaban J connectivity index is 1.85. The molecule has 0 aliphatic carbocycles. The zero-order chi connectivity index (χ0) is 20.3. The summed E-state index contributed by atoms with van der Waals surface area (Å²) in [6.07, 6.45) is 1.61. The zero-order valence-corrected chi connectivity index (χ0v) is 16.0. The van der Waals surface area contributed by atoms with E-state index in [1.54, 1.807) is 24.3 Å². The maximum atomic E-state index is 12.8. The van der Waals surface area contributed by atoms with Crippen LogP contribution in [-0.4, -0.2) is 33.1 Å². The molecule has 1 aliphatic heterocycles. The molecule has 142 valence electrons. The van der Waals surface area contributed by atoms with Gasteiger partial charge in [0.25, 0.3) is 5.91 Å². The highest BCUT2D eigenvalue weighted by atomic mass is 32.2. The van der Waals surface area contributed by atoms with Crippen LogP contribution in [0.4, 0.5) is 0 Å². The van der Waals surface area contributed by atoms with E-state index in [-0.39, 0.29) is 21.2 Å². The average molecular weight is 411 g/mol. The van der Waals surface area contributed by atoms with Crippen molar-refractivity contribution in [2.75, 3.05) is 0 Å². The van der Waals surface area contributed by atoms with Crippen LogP contribution in [0.15, 0.2) is 59.5 Å². The number of thiocarbonyl (C=S) groups is 1. The number of rotatable bonds is 6. The summed E-state index contributed by atoms with van der Waals surface area (Å²) in [7, 11) is 0. The maximum Gasteiger partial charge on any atom is 0.266 e. The molecule has 2 aromatic rings. The quantitative estimate of drug-likeness (QED) is 0.507. The van der Waals surface area contributed by atoms with Crippen molar-refractivity contribution in [2.24, 2.45) is 0 Å². The summed E-state index contributed by atoms with van der Waals surface area (Å²) < 4.78 is 0.132. The third-order valence-electron chi connectivity index (χ3n) is 4.12. The van der Waals surface area contributed by atoms with Gasteiger partial charge in [0.05, 0.1) is 22.9 Å². The number of thioether (sulfide) groups is 1. The van der Waals surface area contributed by atoms with Crippen molar-refractivity contribution in [2.45, 2.75) is 12.5 Å². The van der Waals surface area contributed by atoms with Crippen LogP contribution in [0.2, 0.25) is 0 Å².